The maximum atomic E-state index is 12.2. The van der Waals surface area contributed by atoms with Gasteiger partial charge in [-0.25, -0.2) is 0 Å². The second kappa shape index (κ2) is 23.9. The van der Waals surface area contributed by atoms with Gasteiger partial charge in [-0.05, 0) is 353 Å². The Kier molecular flexibility index (Phi) is 15.4. The molecule has 107 heavy (non-hydrogen) atoms. The Morgan fingerprint density at radius 2 is 0.869 bits per heavy atom. The predicted octanol–water partition coefficient (Wildman–Crippen LogP) is 19.4. The van der Waals surface area contributed by atoms with E-state index in [1.165, 1.54) is 157 Å². The van der Waals surface area contributed by atoms with E-state index in [-0.39, 0.29) is 62.5 Å². The highest BCUT2D eigenvalue weighted by Gasteiger charge is 2.84. The first-order chi connectivity index (χ1) is 51.9. The van der Waals surface area contributed by atoms with E-state index in [0.29, 0.717) is 95.9 Å². The molecule has 15 saturated carbocycles. The van der Waals surface area contributed by atoms with Crippen molar-refractivity contribution >= 4 is 35.4 Å². The number of fused-ring (bicyclic) bond motifs is 39. The first-order valence-corrected chi connectivity index (χ1v) is 45.4. The monoisotopic (exact) mass is 1450 g/mol. The highest BCUT2D eigenvalue weighted by molar-refractivity contribution is 5.92. The molecule has 574 valence electrons. The van der Waals surface area contributed by atoms with Gasteiger partial charge in [-0.3, -0.25) is 28.8 Å². The molecule has 4 aliphatic heterocycles. The summed E-state index contributed by atoms with van der Waals surface area (Å²) in [5, 5.41) is 0. The Morgan fingerprint density at radius 1 is 0.393 bits per heavy atom. The van der Waals surface area contributed by atoms with Gasteiger partial charge in [-0.2, -0.15) is 0 Å². The predicted molar refractivity (Wildman–Crippen MR) is 405 cm³/mol. The zero-order valence-corrected chi connectivity index (χ0v) is 65.4. The molecule has 21 aliphatic carbocycles. The van der Waals surface area contributed by atoms with Crippen LogP contribution in [0.5, 0.6) is 0 Å². The molecule has 0 aromatic heterocycles. The van der Waals surface area contributed by atoms with Gasteiger partial charge >= 0.3 is 23.9 Å². The standard InChI is InChI=1S/C25H34O3.C25H32O2.C23H30O3.C23H28O3/c1-3-24-11-9-18-17-8-6-16(27-4-2)13-15(17)5-7-19(18)23(24)20-14-21(20)25(24)12-10-22(26)28-25;1-3-24-8-6-15-14-5-4-13(2)10-16(14)17-11-18(17)22(15)23(24)19-12-20(19)25(24)9-7-21(26)27-25;2*1-2-22-9-7-16-15-6-4-14(24)11-13(15)3-5-17(16)21(22)18-12-19(18)23(22)10-8-20(25)26-23/h5,13,17-21,23H,3-4,6-12,14H2,1-2H3;10,14-15,17-20,22-23H,2-9,11-12H2,1H3;11,15-19,21H,2-10,12H2,1H3;3,5,11,15-19,21H,2,4,6-10,12H2,1H3/t17-,18?,19?,20+,21-,23?,24-,25-;14-,15?,17?,18?,19-,20+,22?,23?,24+,25+;2*15-,16?,17?,18+,19-,21?,22-,23-/m0100/s1. The van der Waals surface area contributed by atoms with Gasteiger partial charge in [0.1, 0.15) is 22.4 Å². The quantitative estimate of drug-likeness (QED) is 0.185. The number of ketones is 2. The summed E-state index contributed by atoms with van der Waals surface area (Å²) in [6, 6.07) is 0. The number of rotatable bonds is 6. The lowest BCUT2D eigenvalue weighted by Gasteiger charge is -2.58. The third-order valence-corrected chi connectivity index (χ3v) is 39.6. The summed E-state index contributed by atoms with van der Waals surface area (Å²) < 4.78 is 30.9. The second-order valence-corrected chi connectivity index (χ2v) is 41.5. The fraction of sp³-hybridized carbons (Fsp3) is 0.792. The van der Waals surface area contributed by atoms with Crippen LogP contribution in [0.4, 0.5) is 0 Å². The van der Waals surface area contributed by atoms with Crippen molar-refractivity contribution in [3.63, 3.8) is 0 Å². The molecule has 11 nitrogen and oxygen atoms in total. The number of hydrogen-bond donors (Lipinski definition) is 0. The van der Waals surface area contributed by atoms with Crippen LogP contribution in [0.2, 0.25) is 0 Å². The molecule has 0 amide bonds. The van der Waals surface area contributed by atoms with Crippen LogP contribution in [-0.2, 0) is 52.5 Å². The number of hydrogen-bond acceptors (Lipinski definition) is 11. The van der Waals surface area contributed by atoms with Crippen LogP contribution >= 0.6 is 0 Å². The van der Waals surface area contributed by atoms with Crippen LogP contribution in [0.1, 0.15) is 266 Å². The number of ether oxygens (including phenoxy) is 5. The van der Waals surface area contributed by atoms with E-state index in [0.717, 1.165) is 178 Å². The molecule has 4 saturated heterocycles. The zero-order valence-electron chi connectivity index (χ0n) is 65.4. The molecule has 25 rings (SSSR count). The van der Waals surface area contributed by atoms with E-state index in [1.54, 1.807) is 11.1 Å². The minimum atomic E-state index is -0.147. The van der Waals surface area contributed by atoms with Crippen LogP contribution in [0.3, 0.4) is 0 Å². The van der Waals surface area contributed by atoms with Gasteiger partial charge in [0.2, 0.25) is 0 Å². The Morgan fingerprint density at radius 3 is 1.43 bits per heavy atom. The molecule has 34 atom stereocenters. The zero-order chi connectivity index (χ0) is 72.6. The SMILES string of the molecule is C=C1C=C2C3CC3C3C(CC[C@@]4(CC)C3[C@@H]3C[C@@H]3[C@@]43CCC(=O)O3)[C@H]2CC1.CCOC1=CC2=CCC3C(CC[C@@]4(CC)C3[C@@H]3C[C@@H]3[C@@]43CCC(=O)O3)[C@H]2CC1.CC[C@]12CCC3C(C=CC4=CC(=O)CC[C@@H]43)C1[C@@H]1C[C@@H]1[C@@]21CCC(=O)O1.CC[C@]12CCC3C(CCC4=CC(=O)CC[C@@H]43)C1[C@@H]1C[C@@H]1[C@@]21CCC(=O)O1. The lowest BCUT2D eigenvalue weighted by Crippen LogP contribution is -2.56. The second-order valence-electron chi connectivity index (χ2n) is 41.5. The topological polar surface area (TPSA) is 149 Å². The van der Waals surface area contributed by atoms with Crippen molar-refractivity contribution in [3.05, 3.63) is 82.7 Å². The fourth-order valence-corrected chi connectivity index (χ4v) is 36.3. The molecule has 0 radical (unpaired) electrons. The van der Waals surface area contributed by atoms with Crippen molar-refractivity contribution in [1.82, 2.24) is 0 Å². The number of carbonyl (C=O) groups is 6. The average Bonchev–Trinajstić information content (AvgIpc) is 1.63. The molecular weight excluding hydrogens is 1330 g/mol. The van der Waals surface area contributed by atoms with Crippen LogP contribution in [0.15, 0.2) is 82.7 Å². The van der Waals surface area contributed by atoms with E-state index >= 15 is 0 Å². The molecule has 0 aromatic rings. The van der Waals surface area contributed by atoms with Crippen molar-refractivity contribution < 1.29 is 52.5 Å². The van der Waals surface area contributed by atoms with Crippen molar-refractivity contribution in [2.24, 2.45) is 176 Å². The van der Waals surface area contributed by atoms with Crippen molar-refractivity contribution in [2.75, 3.05) is 6.61 Å². The van der Waals surface area contributed by atoms with Gasteiger partial charge < -0.3 is 23.7 Å². The summed E-state index contributed by atoms with van der Waals surface area (Å²) in [7, 11) is 0. The maximum absolute atomic E-state index is 12.2. The smallest absolute Gasteiger partial charge is 0.306 e. The lowest BCUT2D eigenvalue weighted by atomic mass is 9.47. The van der Waals surface area contributed by atoms with Crippen molar-refractivity contribution in [2.45, 2.75) is 288 Å². The van der Waals surface area contributed by atoms with E-state index in [4.69, 9.17) is 23.7 Å². The third-order valence-electron chi connectivity index (χ3n) is 39.6. The Balaban J connectivity index is 0.0000000888. The molecular formula is C96H124O11. The summed E-state index contributed by atoms with van der Waals surface area (Å²) in [6.45, 7) is 16.6. The Bertz CT molecular complexity index is 4070. The molecule has 14 unspecified atom stereocenters. The van der Waals surface area contributed by atoms with Crippen molar-refractivity contribution in [3.8, 4) is 0 Å². The van der Waals surface area contributed by atoms with Crippen LogP contribution in [-0.4, -0.2) is 64.5 Å². The molecule has 0 bridgehead atoms. The number of allylic oxidation sites excluding steroid dienone is 12. The van der Waals surface area contributed by atoms with Gasteiger partial charge in [0.25, 0.3) is 0 Å². The van der Waals surface area contributed by atoms with E-state index in [1.807, 2.05) is 12.2 Å². The lowest BCUT2D eigenvalue weighted by molar-refractivity contribution is -0.180. The highest BCUT2D eigenvalue weighted by Crippen LogP contribution is 2.85. The minimum absolute atomic E-state index is 0.0430. The van der Waals surface area contributed by atoms with Crippen LogP contribution in [0, 0.1) is 176 Å². The summed E-state index contributed by atoms with van der Waals surface area (Å²) in [6.07, 6.45) is 56.5. The fourth-order valence-electron chi connectivity index (χ4n) is 36.3. The van der Waals surface area contributed by atoms with Gasteiger partial charge in [0.15, 0.2) is 11.6 Å². The first kappa shape index (κ1) is 69.0. The van der Waals surface area contributed by atoms with E-state index in [2.05, 4.69) is 71.6 Å². The molecule has 25 aliphatic rings. The van der Waals surface area contributed by atoms with E-state index < -0.39 is 0 Å². The molecule has 0 aromatic carbocycles. The maximum Gasteiger partial charge on any atom is 0.306 e. The largest absolute Gasteiger partial charge is 0.498 e. The molecule has 11 heteroatoms. The van der Waals surface area contributed by atoms with E-state index in [9.17, 15) is 28.8 Å². The molecule has 4 spiro atoms. The Labute approximate surface area is 637 Å². The Hall–Kier alpha value is -4.80. The summed E-state index contributed by atoms with van der Waals surface area (Å²) >= 11 is 0. The normalized spacial score (nSPS) is 54.4. The van der Waals surface area contributed by atoms with Gasteiger partial charge in [0, 0.05) is 90.3 Å². The highest BCUT2D eigenvalue weighted by atomic mass is 16.6. The molecule has 19 fully saturated rings. The van der Waals surface area contributed by atoms with Crippen molar-refractivity contribution in [1.29, 1.82) is 0 Å². The number of carbonyl (C=O) groups excluding carboxylic acids is 6. The van der Waals surface area contributed by atoms with Crippen LogP contribution in [0.25, 0.3) is 0 Å². The molecule has 0 N–H and O–H groups in total. The summed E-state index contributed by atoms with van der Waals surface area (Å²) in [5.41, 5.74) is 8.09. The van der Waals surface area contributed by atoms with Gasteiger partial charge in [0.05, 0.1) is 12.4 Å². The number of esters is 4. The third kappa shape index (κ3) is 9.08. The average molecular weight is 1450 g/mol. The van der Waals surface area contributed by atoms with Crippen LogP contribution < -0.4 is 0 Å². The first-order valence-electron chi connectivity index (χ1n) is 45.4. The summed E-state index contributed by atoms with van der Waals surface area (Å²) in [5.74, 6) is 22.1. The summed E-state index contributed by atoms with van der Waals surface area (Å²) in [4.78, 5) is 72.5. The molecule has 4 heterocycles. The minimum Gasteiger partial charge on any atom is -0.498 e. The van der Waals surface area contributed by atoms with Gasteiger partial charge in [-0.15, -0.1) is 0 Å². The van der Waals surface area contributed by atoms with Gasteiger partial charge in [-0.1, -0.05) is 75.3 Å².